The first-order valence-electron chi connectivity index (χ1n) is 10.7. The number of carbonyl (C=O) groups excluding carboxylic acids is 1. The quantitative estimate of drug-likeness (QED) is 0.530. The zero-order valence-electron chi connectivity index (χ0n) is 19.1. The Bertz CT molecular complexity index is 951. The number of amides is 1. The Labute approximate surface area is 186 Å². The molecule has 0 aliphatic rings. The third-order valence-electron chi connectivity index (χ3n) is 4.97. The van der Waals surface area contributed by atoms with Crippen LogP contribution in [0.2, 0.25) is 0 Å². The van der Waals surface area contributed by atoms with Crippen LogP contribution in [0.3, 0.4) is 0 Å². The molecule has 2 aromatic carbocycles. The van der Waals surface area contributed by atoms with Crippen LogP contribution in [-0.4, -0.2) is 39.8 Å². The van der Waals surface area contributed by atoms with Gasteiger partial charge in [-0.05, 0) is 81.0 Å². The van der Waals surface area contributed by atoms with Gasteiger partial charge in [0.05, 0.1) is 18.6 Å². The minimum Gasteiger partial charge on any atom is -0.494 e. The molecule has 0 saturated carbocycles. The summed E-state index contributed by atoms with van der Waals surface area (Å²) in [6.45, 7) is 8.72. The monoisotopic (exact) mass is 446 g/mol. The molecule has 6 nitrogen and oxygen atoms in total. The van der Waals surface area contributed by atoms with Crippen molar-refractivity contribution in [1.29, 1.82) is 0 Å². The maximum absolute atomic E-state index is 12.9. The van der Waals surface area contributed by atoms with Gasteiger partial charge < -0.3 is 10.1 Å². The topological polar surface area (TPSA) is 75.7 Å². The fraction of sp³-hybridized carbons (Fsp3) is 0.458. The van der Waals surface area contributed by atoms with Crippen molar-refractivity contribution in [2.24, 2.45) is 0 Å². The molecule has 0 heterocycles. The van der Waals surface area contributed by atoms with Gasteiger partial charge in [0, 0.05) is 6.54 Å². The van der Waals surface area contributed by atoms with Crippen molar-refractivity contribution in [2.45, 2.75) is 53.0 Å². The number of rotatable bonds is 11. The lowest BCUT2D eigenvalue weighted by Crippen LogP contribution is -2.49. The summed E-state index contributed by atoms with van der Waals surface area (Å²) in [4.78, 5) is 12.9. The predicted octanol–water partition coefficient (Wildman–Crippen LogP) is 4.00. The fourth-order valence-corrected chi connectivity index (χ4v) is 4.87. The van der Waals surface area contributed by atoms with E-state index in [0.29, 0.717) is 25.3 Å². The summed E-state index contributed by atoms with van der Waals surface area (Å²) >= 11 is 0. The zero-order chi connectivity index (χ0) is 23.0. The van der Waals surface area contributed by atoms with Gasteiger partial charge in [-0.1, -0.05) is 25.1 Å². The molecule has 1 N–H and O–H groups in total. The molecular formula is C24H34N2O4S. The highest BCUT2D eigenvalue weighted by atomic mass is 32.2. The van der Waals surface area contributed by atoms with Crippen molar-refractivity contribution in [1.82, 2.24) is 5.32 Å². The summed E-state index contributed by atoms with van der Waals surface area (Å²) in [5.74, 6) is 0.566. The highest BCUT2D eigenvalue weighted by Gasteiger charge is 2.31. The van der Waals surface area contributed by atoms with E-state index in [2.05, 4.69) is 5.32 Å². The molecule has 0 aliphatic heterocycles. The summed E-state index contributed by atoms with van der Waals surface area (Å²) in [5, 5.41) is 2.92. The van der Waals surface area contributed by atoms with Gasteiger partial charge in [-0.2, -0.15) is 0 Å². The first-order valence-corrected chi connectivity index (χ1v) is 12.6. The van der Waals surface area contributed by atoms with Crippen molar-refractivity contribution < 1.29 is 17.9 Å². The van der Waals surface area contributed by atoms with Crippen LogP contribution in [0, 0.1) is 13.8 Å². The van der Waals surface area contributed by atoms with Crippen LogP contribution in [0.25, 0.3) is 0 Å². The van der Waals surface area contributed by atoms with E-state index in [1.165, 1.54) is 4.31 Å². The molecule has 2 aromatic rings. The number of aryl methyl sites for hydroxylation is 3. The number of nitrogens with zero attached hydrogens (tertiary/aromatic N) is 1. The number of hydrogen-bond donors (Lipinski definition) is 1. The number of hydrogen-bond acceptors (Lipinski definition) is 4. The maximum atomic E-state index is 12.9. The minimum absolute atomic E-state index is 0.279. The Morgan fingerprint density at radius 3 is 2.19 bits per heavy atom. The van der Waals surface area contributed by atoms with E-state index >= 15 is 0 Å². The Balaban J connectivity index is 2.03. The number of carbonyl (C=O) groups is 1. The molecular weight excluding hydrogens is 412 g/mol. The Hall–Kier alpha value is -2.54. The Kier molecular flexibility index (Phi) is 8.92. The van der Waals surface area contributed by atoms with Crippen LogP contribution in [0.15, 0.2) is 42.5 Å². The average molecular weight is 447 g/mol. The molecule has 1 atom stereocenters. The van der Waals surface area contributed by atoms with Crippen LogP contribution in [0.5, 0.6) is 5.75 Å². The van der Waals surface area contributed by atoms with Gasteiger partial charge in [-0.15, -0.1) is 0 Å². The maximum Gasteiger partial charge on any atom is 0.243 e. The van der Waals surface area contributed by atoms with Gasteiger partial charge in [0.25, 0.3) is 0 Å². The standard InChI is InChI=1S/C24H34N2O4S/c1-6-23(26(31(5,28)29)21-16-18(3)15-19(4)17-21)24(27)25-14-8-9-20-10-12-22(13-11-20)30-7-2/h10-13,15-17,23H,6-9,14H2,1-5H3,(H,25,27). The van der Waals surface area contributed by atoms with Crippen LogP contribution < -0.4 is 14.4 Å². The van der Waals surface area contributed by atoms with Crippen LogP contribution >= 0.6 is 0 Å². The lowest BCUT2D eigenvalue weighted by Gasteiger charge is -2.30. The summed E-state index contributed by atoms with van der Waals surface area (Å²) in [6.07, 6.45) is 3.10. The lowest BCUT2D eigenvalue weighted by atomic mass is 10.1. The highest BCUT2D eigenvalue weighted by Crippen LogP contribution is 2.25. The molecule has 1 amide bonds. The van der Waals surface area contributed by atoms with Crippen LogP contribution in [-0.2, 0) is 21.2 Å². The second-order valence-electron chi connectivity index (χ2n) is 7.80. The van der Waals surface area contributed by atoms with Crippen molar-refractivity contribution in [3.05, 3.63) is 59.2 Å². The van der Waals surface area contributed by atoms with E-state index in [1.54, 1.807) is 12.1 Å². The van der Waals surface area contributed by atoms with Gasteiger partial charge in [0.2, 0.25) is 15.9 Å². The molecule has 31 heavy (non-hydrogen) atoms. The van der Waals surface area contributed by atoms with Gasteiger partial charge in [-0.3, -0.25) is 9.10 Å². The van der Waals surface area contributed by atoms with Crippen LogP contribution in [0.1, 0.15) is 43.4 Å². The Morgan fingerprint density at radius 2 is 1.68 bits per heavy atom. The van der Waals surface area contributed by atoms with E-state index < -0.39 is 16.1 Å². The number of anilines is 1. The summed E-state index contributed by atoms with van der Waals surface area (Å²) in [5.41, 5.74) is 3.60. The van der Waals surface area contributed by atoms with E-state index in [4.69, 9.17) is 4.74 Å². The molecule has 0 aromatic heterocycles. The van der Waals surface area contributed by atoms with E-state index in [0.717, 1.165) is 41.5 Å². The number of ether oxygens (including phenoxy) is 1. The zero-order valence-corrected chi connectivity index (χ0v) is 20.0. The second kappa shape index (κ2) is 11.2. The molecule has 0 spiro atoms. The number of benzene rings is 2. The van der Waals surface area contributed by atoms with Crippen LogP contribution in [0.4, 0.5) is 5.69 Å². The first-order chi connectivity index (χ1) is 14.7. The number of nitrogens with one attached hydrogen (secondary N) is 1. The minimum atomic E-state index is -3.63. The van der Waals surface area contributed by atoms with Gasteiger partial charge >= 0.3 is 0 Å². The van der Waals surface area contributed by atoms with E-state index in [-0.39, 0.29) is 5.91 Å². The highest BCUT2D eigenvalue weighted by molar-refractivity contribution is 7.92. The largest absolute Gasteiger partial charge is 0.494 e. The van der Waals surface area contributed by atoms with Crippen molar-refractivity contribution in [3.8, 4) is 5.75 Å². The molecule has 1 unspecified atom stereocenters. The summed E-state index contributed by atoms with van der Waals surface area (Å²) in [7, 11) is -3.63. The van der Waals surface area contributed by atoms with Gasteiger partial charge in [-0.25, -0.2) is 8.42 Å². The van der Waals surface area contributed by atoms with E-state index in [9.17, 15) is 13.2 Å². The second-order valence-corrected chi connectivity index (χ2v) is 9.66. The Morgan fingerprint density at radius 1 is 1.06 bits per heavy atom. The number of sulfonamides is 1. The van der Waals surface area contributed by atoms with Gasteiger partial charge in [0.1, 0.15) is 11.8 Å². The molecule has 0 fully saturated rings. The van der Waals surface area contributed by atoms with Crippen molar-refractivity contribution in [2.75, 3.05) is 23.7 Å². The summed E-state index contributed by atoms with van der Waals surface area (Å²) < 4.78 is 31.9. The van der Waals surface area contributed by atoms with Crippen molar-refractivity contribution in [3.63, 3.8) is 0 Å². The smallest absolute Gasteiger partial charge is 0.243 e. The normalized spacial score (nSPS) is 12.3. The first kappa shape index (κ1) is 24.7. The van der Waals surface area contributed by atoms with Crippen molar-refractivity contribution >= 4 is 21.6 Å². The van der Waals surface area contributed by atoms with E-state index in [1.807, 2.05) is 58.0 Å². The summed E-state index contributed by atoms with van der Waals surface area (Å²) in [6, 6.07) is 12.7. The van der Waals surface area contributed by atoms with Gasteiger partial charge in [0.15, 0.2) is 0 Å². The molecule has 7 heteroatoms. The SMILES string of the molecule is CCOc1ccc(CCCNC(=O)C(CC)N(c2cc(C)cc(C)c2)S(C)(=O)=O)cc1. The fourth-order valence-electron chi connectivity index (χ4n) is 3.68. The molecule has 170 valence electrons. The third-order valence-corrected chi connectivity index (χ3v) is 6.15. The molecule has 0 saturated heterocycles. The predicted molar refractivity (Wildman–Crippen MR) is 126 cm³/mol. The third kappa shape index (κ3) is 7.28. The molecule has 0 radical (unpaired) electrons. The average Bonchev–Trinajstić information content (AvgIpc) is 2.68. The lowest BCUT2D eigenvalue weighted by molar-refractivity contribution is -0.122. The molecule has 2 rings (SSSR count). The molecule has 0 aliphatic carbocycles. The molecule has 0 bridgehead atoms.